The third-order valence-electron chi connectivity index (χ3n) is 2.27. The molecule has 1 N–H and O–H groups in total. The quantitative estimate of drug-likeness (QED) is 0.833. The lowest BCUT2D eigenvalue weighted by Gasteiger charge is -2.13. The molecule has 1 rings (SSSR count). The van der Waals surface area contributed by atoms with E-state index in [0.717, 1.165) is 5.56 Å². The highest BCUT2D eigenvalue weighted by Crippen LogP contribution is 2.44. The molecule has 0 aliphatic carbocycles. The molecule has 100 valence electrons. The van der Waals surface area contributed by atoms with Gasteiger partial charge in [-0.05, 0) is 23.6 Å². The standard InChI is InChI=1S/C12H17O5P/c1-4-12(13)17-18(14,15)16-11-7-5-10(6-8-11)9(2)3/h5-9H,4H2,1-3H3,(H,14,15). The van der Waals surface area contributed by atoms with Gasteiger partial charge in [-0.25, -0.2) is 4.57 Å². The van der Waals surface area contributed by atoms with E-state index < -0.39 is 13.8 Å². The van der Waals surface area contributed by atoms with Crippen LogP contribution in [0.2, 0.25) is 0 Å². The fourth-order valence-corrected chi connectivity index (χ4v) is 2.07. The lowest BCUT2D eigenvalue weighted by molar-refractivity contribution is -0.135. The Morgan fingerprint density at radius 2 is 1.89 bits per heavy atom. The third-order valence-corrected chi connectivity index (χ3v) is 3.15. The number of carbonyl (C=O) groups excluding carboxylic acids is 1. The van der Waals surface area contributed by atoms with Crippen LogP contribution in [0.5, 0.6) is 5.75 Å². The number of carbonyl (C=O) groups is 1. The van der Waals surface area contributed by atoms with Crippen LogP contribution in [-0.4, -0.2) is 10.9 Å². The minimum absolute atomic E-state index is 0.0141. The van der Waals surface area contributed by atoms with Crippen LogP contribution < -0.4 is 4.52 Å². The van der Waals surface area contributed by atoms with Crippen molar-refractivity contribution < 1.29 is 23.3 Å². The fourth-order valence-electron chi connectivity index (χ4n) is 1.26. The zero-order valence-electron chi connectivity index (χ0n) is 10.6. The Morgan fingerprint density at radius 1 is 1.33 bits per heavy atom. The van der Waals surface area contributed by atoms with E-state index in [9.17, 15) is 14.3 Å². The Bertz CT molecular complexity index is 452. The summed E-state index contributed by atoms with van der Waals surface area (Å²) in [6.45, 7) is 5.60. The Morgan fingerprint density at radius 3 is 2.33 bits per heavy atom. The number of hydrogen-bond donors (Lipinski definition) is 1. The van der Waals surface area contributed by atoms with Crippen molar-refractivity contribution in [2.24, 2.45) is 0 Å². The van der Waals surface area contributed by atoms with Crippen molar-refractivity contribution in [2.75, 3.05) is 0 Å². The van der Waals surface area contributed by atoms with Gasteiger partial charge < -0.3 is 9.05 Å². The number of hydrogen-bond acceptors (Lipinski definition) is 4. The van der Waals surface area contributed by atoms with E-state index in [1.165, 1.54) is 6.92 Å². The van der Waals surface area contributed by atoms with E-state index in [-0.39, 0.29) is 12.2 Å². The predicted octanol–water partition coefficient (Wildman–Crippen LogP) is 3.24. The summed E-state index contributed by atoms with van der Waals surface area (Å²) < 4.78 is 20.6. The molecule has 1 atom stereocenters. The molecule has 0 saturated heterocycles. The van der Waals surface area contributed by atoms with Gasteiger partial charge in [0.05, 0.1) is 0 Å². The maximum Gasteiger partial charge on any atom is 0.587 e. The summed E-state index contributed by atoms with van der Waals surface area (Å²) in [5, 5.41) is 0. The molecule has 0 radical (unpaired) electrons. The zero-order chi connectivity index (χ0) is 13.8. The summed E-state index contributed by atoms with van der Waals surface area (Å²) >= 11 is 0. The van der Waals surface area contributed by atoms with Crippen molar-refractivity contribution in [2.45, 2.75) is 33.1 Å². The number of phosphoric ester groups is 1. The molecule has 0 amide bonds. The summed E-state index contributed by atoms with van der Waals surface area (Å²) in [5.74, 6) is -0.230. The zero-order valence-corrected chi connectivity index (χ0v) is 11.5. The van der Waals surface area contributed by atoms with Gasteiger partial charge in [0.2, 0.25) is 0 Å². The molecule has 0 fully saturated rings. The first kappa shape index (κ1) is 14.7. The van der Waals surface area contributed by atoms with E-state index in [4.69, 9.17) is 4.52 Å². The molecule has 0 aromatic heterocycles. The van der Waals surface area contributed by atoms with Crippen LogP contribution in [0.3, 0.4) is 0 Å². The SMILES string of the molecule is CCC(=O)OP(=O)(O)Oc1ccc(C(C)C)cc1. The molecular formula is C12H17O5P. The molecule has 1 unspecified atom stereocenters. The maximum absolute atomic E-state index is 11.5. The van der Waals surface area contributed by atoms with Gasteiger partial charge in [0, 0.05) is 6.42 Å². The van der Waals surface area contributed by atoms with Crippen LogP contribution in [0.4, 0.5) is 0 Å². The summed E-state index contributed by atoms with van der Waals surface area (Å²) in [7, 11) is -4.38. The second kappa shape index (κ2) is 6.03. The topological polar surface area (TPSA) is 72.8 Å². The van der Waals surface area contributed by atoms with Crippen LogP contribution in [0, 0.1) is 0 Å². The highest BCUT2D eigenvalue weighted by Gasteiger charge is 2.27. The predicted molar refractivity (Wildman–Crippen MR) is 67.4 cm³/mol. The molecule has 18 heavy (non-hydrogen) atoms. The third kappa shape index (κ3) is 4.51. The largest absolute Gasteiger partial charge is 0.587 e. The molecule has 0 saturated carbocycles. The number of phosphoric acid groups is 1. The summed E-state index contributed by atoms with van der Waals surface area (Å²) in [6.07, 6.45) is 0.0141. The molecule has 0 spiro atoms. The lowest BCUT2D eigenvalue weighted by atomic mass is 10.0. The van der Waals surface area contributed by atoms with E-state index in [2.05, 4.69) is 4.52 Å². The van der Waals surface area contributed by atoms with Gasteiger partial charge in [-0.15, -0.1) is 0 Å². The Kier molecular flexibility index (Phi) is 4.93. The van der Waals surface area contributed by atoms with Crippen molar-refractivity contribution in [3.8, 4) is 5.75 Å². The normalized spacial score (nSPS) is 14.1. The Labute approximate surface area is 106 Å². The van der Waals surface area contributed by atoms with Gasteiger partial charge in [-0.3, -0.25) is 9.69 Å². The van der Waals surface area contributed by atoms with E-state index >= 15 is 0 Å². The molecule has 0 heterocycles. The van der Waals surface area contributed by atoms with Crippen molar-refractivity contribution >= 4 is 13.8 Å². The van der Waals surface area contributed by atoms with Crippen molar-refractivity contribution in [1.82, 2.24) is 0 Å². The van der Waals surface area contributed by atoms with Gasteiger partial charge in [-0.2, -0.15) is 0 Å². The number of rotatable bonds is 5. The van der Waals surface area contributed by atoms with Crippen LogP contribution in [0.15, 0.2) is 24.3 Å². The molecule has 1 aromatic rings. The molecule has 6 heteroatoms. The number of benzene rings is 1. The maximum atomic E-state index is 11.5. The van der Waals surface area contributed by atoms with Gasteiger partial charge in [0.15, 0.2) is 0 Å². The summed E-state index contributed by atoms with van der Waals surface area (Å²) in [5.41, 5.74) is 1.08. The van der Waals surface area contributed by atoms with Gasteiger partial charge in [-0.1, -0.05) is 32.9 Å². The van der Waals surface area contributed by atoms with Crippen LogP contribution in [0.1, 0.15) is 38.7 Å². The minimum atomic E-state index is -4.38. The molecule has 0 bridgehead atoms. The monoisotopic (exact) mass is 272 g/mol. The van der Waals surface area contributed by atoms with Gasteiger partial charge in [0.1, 0.15) is 5.75 Å². The molecular weight excluding hydrogens is 255 g/mol. The lowest BCUT2D eigenvalue weighted by Crippen LogP contribution is -2.04. The van der Waals surface area contributed by atoms with E-state index in [1.807, 2.05) is 13.8 Å². The molecule has 0 aliphatic rings. The smallest absolute Gasteiger partial charge is 0.395 e. The second-order valence-corrected chi connectivity index (χ2v) is 5.40. The average Bonchev–Trinajstić information content (AvgIpc) is 2.28. The van der Waals surface area contributed by atoms with Gasteiger partial charge in [0.25, 0.3) is 0 Å². The highest BCUT2D eigenvalue weighted by atomic mass is 31.2. The Balaban J connectivity index is 2.72. The summed E-state index contributed by atoms with van der Waals surface area (Å²) in [6, 6.07) is 6.72. The van der Waals surface area contributed by atoms with Crippen molar-refractivity contribution in [3.63, 3.8) is 0 Å². The average molecular weight is 272 g/mol. The molecule has 0 aliphatic heterocycles. The van der Waals surface area contributed by atoms with Crippen LogP contribution in [0.25, 0.3) is 0 Å². The second-order valence-electron chi connectivity index (χ2n) is 4.10. The summed E-state index contributed by atoms with van der Waals surface area (Å²) in [4.78, 5) is 20.3. The van der Waals surface area contributed by atoms with Crippen LogP contribution >= 0.6 is 7.82 Å². The Hall–Kier alpha value is -1.32. The fraction of sp³-hybridized carbons (Fsp3) is 0.417. The first-order valence-electron chi connectivity index (χ1n) is 5.69. The van der Waals surface area contributed by atoms with Crippen molar-refractivity contribution in [1.29, 1.82) is 0 Å². The molecule has 5 nitrogen and oxygen atoms in total. The van der Waals surface area contributed by atoms with E-state index in [1.54, 1.807) is 24.3 Å². The van der Waals surface area contributed by atoms with Crippen molar-refractivity contribution in [3.05, 3.63) is 29.8 Å². The van der Waals surface area contributed by atoms with Gasteiger partial charge >= 0.3 is 13.8 Å². The van der Waals surface area contributed by atoms with E-state index in [0.29, 0.717) is 5.92 Å². The highest BCUT2D eigenvalue weighted by molar-refractivity contribution is 7.48. The first-order valence-corrected chi connectivity index (χ1v) is 7.18. The molecule has 1 aromatic carbocycles. The first-order chi connectivity index (χ1) is 8.34. The minimum Gasteiger partial charge on any atom is -0.395 e. The van der Waals surface area contributed by atoms with Crippen LogP contribution in [-0.2, 0) is 13.9 Å².